The van der Waals surface area contributed by atoms with Gasteiger partial charge in [-0.05, 0) is 51.0 Å². The van der Waals surface area contributed by atoms with Gasteiger partial charge in [-0.3, -0.25) is 9.59 Å². The molecule has 8 heteroatoms. The number of benzene rings is 1. The van der Waals surface area contributed by atoms with Crippen LogP contribution < -0.4 is 10.2 Å². The molecule has 0 radical (unpaired) electrons. The first-order chi connectivity index (χ1) is 13.2. The molecule has 1 fully saturated rings. The largest absolute Gasteiger partial charge is 0.354 e. The van der Waals surface area contributed by atoms with E-state index in [1.807, 2.05) is 27.7 Å². The minimum absolute atomic E-state index is 0.0235. The molecule has 1 saturated heterocycles. The molecule has 1 aromatic carbocycles. The molecule has 0 unspecified atom stereocenters. The summed E-state index contributed by atoms with van der Waals surface area (Å²) in [5.41, 5.74) is 0.612. The Morgan fingerprint density at radius 1 is 1.18 bits per heavy atom. The Bertz CT molecular complexity index is 784. The summed E-state index contributed by atoms with van der Waals surface area (Å²) >= 11 is 0. The van der Waals surface area contributed by atoms with Crippen molar-refractivity contribution in [3.63, 3.8) is 0 Å². The third-order valence-corrected chi connectivity index (χ3v) is 6.57. The first kappa shape index (κ1) is 22.4. The molecular formula is C20H31N3O4S. The number of nitrogens with zero attached hydrogens (tertiary/aromatic N) is 2. The van der Waals surface area contributed by atoms with Gasteiger partial charge in [-0.1, -0.05) is 13.8 Å². The Balaban J connectivity index is 2.16. The highest BCUT2D eigenvalue weighted by molar-refractivity contribution is 7.89. The second-order valence-corrected chi connectivity index (χ2v) is 9.40. The summed E-state index contributed by atoms with van der Waals surface area (Å²) in [6.07, 6.45) is 1.66. The molecule has 0 bridgehead atoms. The van der Waals surface area contributed by atoms with Crippen LogP contribution in [0.1, 0.15) is 47.0 Å². The van der Waals surface area contributed by atoms with Gasteiger partial charge < -0.3 is 10.2 Å². The number of rotatable bonds is 9. The van der Waals surface area contributed by atoms with Crippen LogP contribution in [0.4, 0.5) is 5.69 Å². The number of hydrogen-bond donors (Lipinski definition) is 1. The number of anilines is 1. The maximum atomic E-state index is 12.8. The lowest BCUT2D eigenvalue weighted by Gasteiger charge is -2.22. The van der Waals surface area contributed by atoms with Gasteiger partial charge in [0.2, 0.25) is 21.8 Å². The Labute approximate surface area is 168 Å². The van der Waals surface area contributed by atoms with Gasteiger partial charge in [-0.15, -0.1) is 0 Å². The highest BCUT2D eigenvalue weighted by Crippen LogP contribution is 2.27. The molecule has 28 heavy (non-hydrogen) atoms. The van der Waals surface area contributed by atoms with E-state index in [2.05, 4.69) is 5.32 Å². The molecular weight excluding hydrogens is 378 g/mol. The molecule has 1 aliphatic heterocycles. The van der Waals surface area contributed by atoms with E-state index in [-0.39, 0.29) is 35.1 Å². The van der Waals surface area contributed by atoms with E-state index in [0.29, 0.717) is 25.3 Å². The predicted molar refractivity (Wildman–Crippen MR) is 110 cm³/mol. The summed E-state index contributed by atoms with van der Waals surface area (Å²) in [5.74, 6) is -0.638. The van der Waals surface area contributed by atoms with Crippen molar-refractivity contribution in [2.45, 2.75) is 57.9 Å². The maximum Gasteiger partial charge on any atom is 0.243 e. The molecule has 7 nitrogen and oxygen atoms in total. The van der Waals surface area contributed by atoms with Gasteiger partial charge in [-0.25, -0.2) is 8.42 Å². The molecule has 0 saturated carbocycles. The molecule has 0 aromatic heterocycles. The van der Waals surface area contributed by atoms with E-state index in [0.717, 1.165) is 12.8 Å². The molecule has 1 aliphatic rings. The number of sulfonamides is 1. The highest BCUT2D eigenvalue weighted by Gasteiger charge is 2.35. The van der Waals surface area contributed by atoms with Gasteiger partial charge in [0.05, 0.1) is 10.8 Å². The zero-order chi connectivity index (χ0) is 20.9. The van der Waals surface area contributed by atoms with Crippen molar-refractivity contribution in [1.82, 2.24) is 9.62 Å². The number of hydrogen-bond acceptors (Lipinski definition) is 4. The van der Waals surface area contributed by atoms with Crippen molar-refractivity contribution in [3.8, 4) is 0 Å². The average molecular weight is 410 g/mol. The maximum absolute atomic E-state index is 12.8. The van der Waals surface area contributed by atoms with E-state index in [4.69, 9.17) is 0 Å². The third kappa shape index (κ3) is 5.11. The van der Waals surface area contributed by atoms with Crippen LogP contribution in [-0.2, 0) is 19.6 Å². The van der Waals surface area contributed by atoms with Gasteiger partial charge in [-0.2, -0.15) is 4.31 Å². The second kappa shape index (κ2) is 9.52. The van der Waals surface area contributed by atoms with Gasteiger partial charge in [0, 0.05) is 37.8 Å². The van der Waals surface area contributed by atoms with Gasteiger partial charge in [0.15, 0.2) is 0 Å². The molecule has 1 N–H and O–H groups in total. The van der Waals surface area contributed by atoms with Crippen molar-refractivity contribution in [1.29, 1.82) is 0 Å². The summed E-state index contributed by atoms with van der Waals surface area (Å²) in [5, 5.41) is 2.84. The van der Waals surface area contributed by atoms with Crippen LogP contribution in [0.15, 0.2) is 29.2 Å². The fourth-order valence-corrected chi connectivity index (χ4v) is 4.96. The van der Waals surface area contributed by atoms with Gasteiger partial charge in [0.25, 0.3) is 0 Å². The van der Waals surface area contributed by atoms with Crippen LogP contribution in [0.2, 0.25) is 0 Å². The Morgan fingerprint density at radius 2 is 1.75 bits per heavy atom. The zero-order valence-corrected chi connectivity index (χ0v) is 18.0. The number of nitrogens with one attached hydrogen (secondary N) is 1. The number of carbonyl (C=O) groups excluding carboxylic acids is 2. The summed E-state index contributed by atoms with van der Waals surface area (Å²) < 4.78 is 27.2. The lowest BCUT2D eigenvalue weighted by molar-refractivity contribution is -0.126. The standard InChI is InChI=1S/C20H31N3O4S/c1-5-11-22(12-6-2)28(26,27)18-9-7-17(8-10-18)23-14-16(13-19(23)24)20(25)21-15(3)4/h7-10,15-16H,5-6,11-14H2,1-4H3,(H,21,25)/t16-/m1/s1. The highest BCUT2D eigenvalue weighted by atomic mass is 32.2. The summed E-state index contributed by atoms with van der Waals surface area (Å²) in [6.45, 7) is 8.93. The van der Waals surface area contributed by atoms with Crippen LogP contribution in [0.25, 0.3) is 0 Å². The smallest absolute Gasteiger partial charge is 0.243 e. The number of carbonyl (C=O) groups is 2. The summed E-state index contributed by atoms with van der Waals surface area (Å²) in [4.78, 5) is 26.3. The predicted octanol–water partition coefficient (Wildman–Crippen LogP) is 2.37. The van der Waals surface area contributed by atoms with Crippen LogP contribution >= 0.6 is 0 Å². The van der Waals surface area contributed by atoms with E-state index >= 15 is 0 Å². The molecule has 0 spiro atoms. The van der Waals surface area contributed by atoms with Crippen LogP contribution in [-0.4, -0.2) is 50.2 Å². The van der Waals surface area contributed by atoms with E-state index in [1.54, 1.807) is 17.0 Å². The second-order valence-electron chi connectivity index (χ2n) is 7.47. The Morgan fingerprint density at radius 3 is 2.25 bits per heavy atom. The van der Waals surface area contributed by atoms with E-state index in [1.165, 1.54) is 16.4 Å². The molecule has 2 rings (SSSR count). The summed E-state index contributed by atoms with van der Waals surface area (Å²) in [7, 11) is -3.55. The first-order valence-corrected chi connectivity index (χ1v) is 11.4. The van der Waals surface area contributed by atoms with Crippen molar-refractivity contribution in [3.05, 3.63) is 24.3 Å². The lowest BCUT2D eigenvalue weighted by atomic mass is 10.1. The first-order valence-electron chi connectivity index (χ1n) is 9.91. The normalized spacial score (nSPS) is 17.6. The molecule has 156 valence electrons. The summed E-state index contributed by atoms with van der Waals surface area (Å²) in [6, 6.07) is 6.39. The van der Waals surface area contributed by atoms with Crippen molar-refractivity contribution in [2.24, 2.45) is 5.92 Å². The fraction of sp³-hybridized carbons (Fsp3) is 0.600. The van der Waals surface area contributed by atoms with Crippen LogP contribution in [0.3, 0.4) is 0 Å². The fourth-order valence-electron chi connectivity index (χ4n) is 3.33. The van der Waals surface area contributed by atoms with Crippen molar-refractivity contribution in [2.75, 3.05) is 24.5 Å². The lowest BCUT2D eigenvalue weighted by Crippen LogP contribution is -2.37. The number of amides is 2. The minimum Gasteiger partial charge on any atom is -0.354 e. The minimum atomic E-state index is -3.55. The molecule has 2 amide bonds. The molecule has 1 atom stereocenters. The molecule has 1 heterocycles. The Hall–Kier alpha value is -1.93. The topological polar surface area (TPSA) is 86.8 Å². The SMILES string of the molecule is CCCN(CCC)S(=O)(=O)c1ccc(N2C[C@H](C(=O)NC(C)C)CC2=O)cc1. The van der Waals surface area contributed by atoms with Crippen molar-refractivity contribution >= 4 is 27.5 Å². The third-order valence-electron chi connectivity index (χ3n) is 4.66. The average Bonchev–Trinajstić information content (AvgIpc) is 3.03. The van der Waals surface area contributed by atoms with Crippen LogP contribution in [0, 0.1) is 5.92 Å². The molecule has 0 aliphatic carbocycles. The monoisotopic (exact) mass is 409 g/mol. The van der Waals surface area contributed by atoms with Gasteiger partial charge >= 0.3 is 0 Å². The Kier molecular flexibility index (Phi) is 7.60. The molecule has 1 aromatic rings. The van der Waals surface area contributed by atoms with E-state index < -0.39 is 10.0 Å². The quantitative estimate of drug-likeness (QED) is 0.678. The van der Waals surface area contributed by atoms with Crippen molar-refractivity contribution < 1.29 is 18.0 Å². The van der Waals surface area contributed by atoms with E-state index in [9.17, 15) is 18.0 Å². The van der Waals surface area contributed by atoms with Crippen LogP contribution in [0.5, 0.6) is 0 Å². The zero-order valence-electron chi connectivity index (χ0n) is 17.1. The van der Waals surface area contributed by atoms with Gasteiger partial charge in [0.1, 0.15) is 0 Å².